The second-order valence-electron chi connectivity index (χ2n) is 6.39. The van der Waals surface area contributed by atoms with Crippen LogP contribution in [0.4, 0.5) is 19.0 Å². The molecule has 3 heterocycles. The fraction of sp³-hybridized carbons (Fsp3) is 0.278. The van der Waals surface area contributed by atoms with Gasteiger partial charge in [0.15, 0.2) is 0 Å². The molecule has 1 N–H and O–H groups in total. The van der Waals surface area contributed by atoms with E-state index in [-0.39, 0.29) is 6.54 Å². The topological polar surface area (TPSA) is 66.3 Å². The molecule has 3 aromatic rings. The minimum absolute atomic E-state index is 0.240. The Morgan fingerprint density at radius 3 is 2.56 bits per heavy atom. The molecule has 0 saturated carbocycles. The van der Waals surface area contributed by atoms with E-state index in [1.165, 1.54) is 22.6 Å². The molecule has 4 rings (SSSR count). The van der Waals surface area contributed by atoms with Gasteiger partial charge in [0.1, 0.15) is 17.0 Å². The van der Waals surface area contributed by atoms with E-state index in [0.29, 0.717) is 16.0 Å². The van der Waals surface area contributed by atoms with E-state index in [9.17, 15) is 23.1 Å². The van der Waals surface area contributed by atoms with Crippen molar-refractivity contribution in [2.75, 3.05) is 18.0 Å². The van der Waals surface area contributed by atoms with Crippen molar-refractivity contribution >= 4 is 33.3 Å². The molecule has 0 unspecified atom stereocenters. The molecule has 0 spiro atoms. The zero-order valence-corrected chi connectivity index (χ0v) is 14.7. The summed E-state index contributed by atoms with van der Waals surface area (Å²) in [6.45, 7) is -0.674. The number of nitrogens with zero attached hydrogens (tertiary/aromatic N) is 3. The Balaban J connectivity index is 1.81. The molecule has 0 radical (unpaired) electrons. The van der Waals surface area contributed by atoms with Crippen LogP contribution < -0.4 is 4.90 Å². The standard InChI is InChI=1S/C18H14F3N3O2S/c19-18(20,21)13-7-24(6-11(13)17(25)26)15-14-12(10-4-2-1-3-5-10)8-27-16(14)23-9-22-15/h1-5,8-9,11,13H,6-7H2,(H,25,26)/t11-,13-/m1/s1. The molecule has 27 heavy (non-hydrogen) atoms. The van der Waals surface area contributed by atoms with E-state index in [2.05, 4.69) is 9.97 Å². The van der Waals surface area contributed by atoms with Gasteiger partial charge in [-0.1, -0.05) is 30.3 Å². The lowest BCUT2D eigenvalue weighted by Crippen LogP contribution is -2.33. The Hall–Kier alpha value is -2.68. The number of rotatable bonds is 3. The van der Waals surface area contributed by atoms with Crippen LogP contribution in [-0.4, -0.2) is 40.3 Å². The first-order chi connectivity index (χ1) is 12.9. The molecule has 1 aliphatic rings. The highest BCUT2D eigenvalue weighted by Gasteiger charge is 2.53. The monoisotopic (exact) mass is 393 g/mol. The predicted octanol–water partition coefficient (Wildman–Crippen LogP) is 4.06. The fourth-order valence-electron chi connectivity index (χ4n) is 3.49. The lowest BCUT2D eigenvalue weighted by molar-refractivity contribution is -0.187. The Morgan fingerprint density at radius 1 is 1.19 bits per heavy atom. The van der Waals surface area contributed by atoms with Gasteiger partial charge < -0.3 is 10.0 Å². The first kappa shape index (κ1) is 17.7. The first-order valence-electron chi connectivity index (χ1n) is 8.18. The number of aromatic nitrogens is 2. The van der Waals surface area contributed by atoms with Crippen LogP contribution in [0.25, 0.3) is 21.3 Å². The third-order valence-corrected chi connectivity index (χ3v) is 5.68. The number of alkyl halides is 3. The van der Waals surface area contributed by atoms with E-state index in [0.717, 1.165) is 11.1 Å². The summed E-state index contributed by atoms with van der Waals surface area (Å²) in [5.74, 6) is -4.55. The third kappa shape index (κ3) is 3.12. The fourth-order valence-corrected chi connectivity index (χ4v) is 4.40. The molecular weight excluding hydrogens is 379 g/mol. The van der Waals surface area contributed by atoms with Crippen molar-refractivity contribution in [2.45, 2.75) is 6.18 Å². The molecule has 0 bridgehead atoms. The van der Waals surface area contributed by atoms with E-state index in [1.807, 2.05) is 35.7 Å². The van der Waals surface area contributed by atoms with Crippen molar-refractivity contribution in [2.24, 2.45) is 11.8 Å². The van der Waals surface area contributed by atoms with Gasteiger partial charge in [-0.05, 0) is 5.56 Å². The second kappa shape index (κ2) is 6.49. The van der Waals surface area contributed by atoms with Crippen LogP contribution in [0.1, 0.15) is 0 Å². The van der Waals surface area contributed by atoms with Crippen LogP contribution >= 0.6 is 11.3 Å². The minimum Gasteiger partial charge on any atom is -0.481 e. The van der Waals surface area contributed by atoms with Crippen LogP contribution in [0.15, 0.2) is 42.0 Å². The average molecular weight is 393 g/mol. The number of fused-ring (bicyclic) bond motifs is 1. The lowest BCUT2D eigenvalue weighted by atomic mass is 9.96. The first-order valence-corrected chi connectivity index (χ1v) is 9.06. The van der Waals surface area contributed by atoms with Gasteiger partial charge in [0.05, 0.1) is 17.2 Å². The van der Waals surface area contributed by atoms with Crippen LogP contribution in [0, 0.1) is 11.8 Å². The average Bonchev–Trinajstić information content (AvgIpc) is 3.27. The summed E-state index contributed by atoms with van der Waals surface area (Å²) in [5, 5.41) is 11.8. The molecule has 1 saturated heterocycles. The molecule has 2 aromatic heterocycles. The molecule has 0 amide bonds. The number of carboxylic acid groups (broad SMARTS) is 1. The highest BCUT2D eigenvalue weighted by molar-refractivity contribution is 7.17. The number of anilines is 1. The van der Waals surface area contributed by atoms with Gasteiger partial charge in [-0.25, -0.2) is 9.97 Å². The van der Waals surface area contributed by atoms with Crippen molar-refractivity contribution in [1.29, 1.82) is 0 Å². The van der Waals surface area contributed by atoms with Crippen LogP contribution in [0.2, 0.25) is 0 Å². The summed E-state index contributed by atoms with van der Waals surface area (Å²) >= 11 is 1.38. The van der Waals surface area contributed by atoms with E-state index in [4.69, 9.17) is 0 Å². The summed E-state index contributed by atoms with van der Waals surface area (Å²) in [6, 6.07) is 9.43. The molecule has 1 fully saturated rings. The zero-order valence-electron chi connectivity index (χ0n) is 13.8. The summed E-state index contributed by atoms with van der Waals surface area (Å²) in [4.78, 5) is 21.9. The molecule has 5 nitrogen and oxygen atoms in total. The summed E-state index contributed by atoms with van der Waals surface area (Å²) in [6.07, 6.45) is -3.28. The maximum atomic E-state index is 13.3. The zero-order chi connectivity index (χ0) is 19.2. The van der Waals surface area contributed by atoms with E-state index in [1.54, 1.807) is 0 Å². The number of aliphatic carboxylic acids is 1. The van der Waals surface area contributed by atoms with Gasteiger partial charge in [-0.2, -0.15) is 13.2 Å². The van der Waals surface area contributed by atoms with E-state index >= 15 is 0 Å². The molecular formula is C18H14F3N3O2S. The highest BCUT2D eigenvalue weighted by Crippen LogP contribution is 2.43. The maximum Gasteiger partial charge on any atom is 0.394 e. The third-order valence-electron chi connectivity index (χ3n) is 4.79. The van der Waals surface area contributed by atoms with Crippen LogP contribution in [-0.2, 0) is 4.79 Å². The molecule has 9 heteroatoms. The van der Waals surface area contributed by atoms with E-state index < -0.39 is 30.5 Å². The number of carboxylic acids is 1. The van der Waals surface area contributed by atoms with Crippen molar-refractivity contribution < 1.29 is 23.1 Å². The SMILES string of the molecule is O=C(O)[C@@H]1CN(c2ncnc3scc(-c4ccccc4)c23)C[C@H]1C(F)(F)F. The molecule has 0 aliphatic carbocycles. The molecule has 1 aliphatic heterocycles. The predicted molar refractivity (Wildman–Crippen MR) is 95.7 cm³/mol. The molecule has 140 valence electrons. The van der Waals surface area contributed by atoms with Crippen molar-refractivity contribution in [3.63, 3.8) is 0 Å². The number of hydrogen-bond acceptors (Lipinski definition) is 5. The Morgan fingerprint density at radius 2 is 1.93 bits per heavy atom. The Kier molecular flexibility index (Phi) is 4.26. The maximum absolute atomic E-state index is 13.3. The highest BCUT2D eigenvalue weighted by atomic mass is 32.1. The van der Waals surface area contributed by atoms with Gasteiger partial charge in [0.25, 0.3) is 0 Å². The number of benzene rings is 1. The van der Waals surface area contributed by atoms with Gasteiger partial charge in [0.2, 0.25) is 0 Å². The van der Waals surface area contributed by atoms with Crippen molar-refractivity contribution in [1.82, 2.24) is 9.97 Å². The van der Waals surface area contributed by atoms with Crippen molar-refractivity contribution in [3.05, 3.63) is 42.0 Å². The van der Waals surface area contributed by atoms with Crippen molar-refractivity contribution in [3.8, 4) is 11.1 Å². The summed E-state index contributed by atoms with van der Waals surface area (Å²) < 4.78 is 40.0. The smallest absolute Gasteiger partial charge is 0.394 e. The normalized spacial score (nSPS) is 20.3. The van der Waals surface area contributed by atoms with Gasteiger partial charge in [0, 0.05) is 24.0 Å². The largest absolute Gasteiger partial charge is 0.481 e. The number of carbonyl (C=O) groups is 1. The van der Waals surface area contributed by atoms with Crippen LogP contribution in [0.5, 0.6) is 0 Å². The summed E-state index contributed by atoms with van der Waals surface area (Å²) in [7, 11) is 0. The van der Waals surface area contributed by atoms with Crippen LogP contribution in [0.3, 0.4) is 0 Å². The number of halogens is 3. The van der Waals surface area contributed by atoms with Gasteiger partial charge >= 0.3 is 12.1 Å². The Labute approximate surface area is 156 Å². The molecule has 2 atom stereocenters. The number of thiophene rings is 1. The second-order valence-corrected chi connectivity index (χ2v) is 7.25. The summed E-state index contributed by atoms with van der Waals surface area (Å²) in [5.41, 5.74) is 1.73. The Bertz CT molecular complexity index is 990. The lowest BCUT2D eigenvalue weighted by Gasteiger charge is -2.19. The van der Waals surface area contributed by atoms with Gasteiger partial charge in [-0.3, -0.25) is 4.79 Å². The quantitative estimate of drug-likeness (QED) is 0.727. The minimum atomic E-state index is -4.58. The number of hydrogen-bond donors (Lipinski definition) is 1. The molecule has 1 aromatic carbocycles. The van der Waals surface area contributed by atoms with Gasteiger partial charge in [-0.15, -0.1) is 11.3 Å².